The molecule has 0 rings (SSSR count). The quantitative estimate of drug-likeness (QED) is 0.0222. The second-order valence-electron chi connectivity index (χ2n) is 29.4. The molecule has 0 amide bonds. The molecule has 0 aliphatic rings. The molecule has 0 saturated carbocycles. The fourth-order valence-electron chi connectivity index (χ4n) is 12.6. The Balaban J connectivity index is 5.18. The normalized spacial score (nSPS) is 14.1. The van der Waals surface area contributed by atoms with Gasteiger partial charge in [-0.2, -0.15) is 0 Å². The number of esters is 4. The van der Waals surface area contributed by atoms with Gasteiger partial charge in [-0.1, -0.05) is 381 Å². The predicted molar refractivity (Wildman–Crippen MR) is 409 cm³/mol. The van der Waals surface area contributed by atoms with Crippen molar-refractivity contribution in [1.82, 2.24) is 0 Å². The first-order valence-electron chi connectivity index (χ1n) is 42.2. The first-order chi connectivity index (χ1) is 48.6. The fourth-order valence-corrected chi connectivity index (χ4v) is 14.1. The number of carbonyl (C=O) groups is 4. The standard InChI is InChI=1S/C81H158O17P2/c1-6-10-13-16-19-22-24-26-28-30-32-33-35-37-39-41-43-45-51-56-61-66-80(85)97-77(71-92-79(84)65-60-55-50-44-42-40-38-36-34-31-29-27-25-23-20-17-14-11-7-2)73-96-100(89,90)94-69-75(82)68-93-99(87,88)95-72-76(70-91-78(83)64-59-54-49-21-18-15-12-8-3)98-81(86)67-62-57-52-47-46-48-53-58-63-74(5)9-4/h74-77,82H,6-73H2,1-5H3,(H,87,88)(H,89,90)/t74?,75-,76+,77+/m0/s1. The van der Waals surface area contributed by atoms with Gasteiger partial charge in [0.15, 0.2) is 12.2 Å². The third-order valence-corrected chi connectivity index (χ3v) is 21.3. The van der Waals surface area contributed by atoms with Gasteiger partial charge < -0.3 is 33.8 Å². The summed E-state index contributed by atoms with van der Waals surface area (Å²) >= 11 is 0. The van der Waals surface area contributed by atoms with Crippen LogP contribution in [0.25, 0.3) is 0 Å². The zero-order valence-corrected chi connectivity index (χ0v) is 67.1. The average Bonchev–Trinajstić information content (AvgIpc) is 0.942. The van der Waals surface area contributed by atoms with E-state index in [0.29, 0.717) is 25.7 Å². The number of carbonyl (C=O) groups excluding carboxylic acids is 4. The zero-order valence-electron chi connectivity index (χ0n) is 65.3. The molecule has 0 aromatic rings. The number of hydrogen-bond donors (Lipinski definition) is 3. The Kier molecular flexibility index (Phi) is 72.5. The minimum Gasteiger partial charge on any atom is -0.462 e. The summed E-state index contributed by atoms with van der Waals surface area (Å²) in [6.07, 6.45) is 65.5. The number of unbranched alkanes of at least 4 members (excludes halogenated alkanes) is 52. The number of hydrogen-bond acceptors (Lipinski definition) is 15. The molecule has 0 radical (unpaired) electrons. The van der Waals surface area contributed by atoms with E-state index in [2.05, 4.69) is 34.6 Å². The van der Waals surface area contributed by atoms with E-state index in [0.717, 1.165) is 102 Å². The maximum Gasteiger partial charge on any atom is 0.472 e. The smallest absolute Gasteiger partial charge is 0.462 e. The predicted octanol–water partition coefficient (Wildman–Crippen LogP) is 24.4. The molecule has 0 fully saturated rings. The van der Waals surface area contributed by atoms with E-state index >= 15 is 0 Å². The van der Waals surface area contributed by atoms with Crippen molar-refractivity contribution < 1.29 is 80.2 Å². The lowest BCUT2D eigenvalue weighted by atomic mass is 9.99. The van der Waals surface area contributed by atoms with Crippen LogP contribution in [0.2, 0.25) is 0 Å². The molecule has 0 aliphatic heterocycles. The Hall–Kier alpha value is -1.94. The number of phosphoric ester groups is 2. The van der Waals surface area contributed by atoms with Crippen molar-refractivity contribution in [3.63, 3.8) is 0 Å². The molecule has 0 bridgehead atoms. The van der Waals surface area contributed by atoms with Crippen LogP contribution in [0.4, 0.5) is 0 Å². The molecule has 0 aromatic heterocycles. The largest absolute Gasteiger partial charge is 0.472 e. The van der Waals surface area contributed by atoms with E-state index in [1.807, 2.05) is 0 Å². The van der Waals surface area contributed by atoms with Crippen LogP contribution in [0.5, 0.6) is 0 Å². The van der Waals surface area contributed by atoms with Gasteiger partial charge in [0.25, 0.3) is 0 Å². The van der Waals surface area contributed by atoms with Crippen molar-refractivity contribution in [2.24, 2.45) is 5.92 Å². The first kappa shape index (κ1) is 98.1. The second-order valence-corrected chi connectivity index (χ2v) is 32.3. The third-order valence-electron chi connectivity index (χ3n) is 19.4. The summed E-state index contributed by atoms with van der Waals surface area (Å²) < 4.78 is 68.6. The summed E-state index contributed by atoms with van der Waals surface area (Å²) in [6.45, 7) is 7.29. The van der Waals surface area contributed by atoms with Crippen LogP contribution in [-0.4, -0.2) is 96.7 Å². The topological polar surface area (TPSA) is 237 Å². The monoisotopic (exact) mass is 1470 g/mol. The fraction of sp³-hybridized carbons (Fsp3) is 0.951. The van der Waals surface area contributed by atoms with Crippen LogP contribution >= 0.6 is 15.6 Å². The lowest BCUT2D eigenvalue weighted by Gasteiger charge is -2.21. The van der Waals surface area contributed by atoms with Crippen molar-refractivity contribution in [2.45, 2.75) is 451 Å². The lowest BCUT2D eigenvalue weighted by Crippen LogP contribution is -2.30. The summed E-state index contributed by atoms with van der Waals surface area (Å²) in [6, 6.07) is 0. The van der Waals surface area contributed by atoms with Gasteiger partial charge in [-0.15, -0.1) is 0 Å². The van der Waals surface area contributed by atoms with Crippen LogP contribution in [0, 0.1) is 5.92 Å². The number of phosphoric acid groups is 2. The number of aliphatic hydroxyl groups excluding tert-OH is 1. The minimum atomic E-state index is -4.96. The van der Waals surface area contributed by atoms with Crippen molar-refractivity contribution in [3.05, 3.63) is 0 Å². The van der Waals surface area contributed by atoms with Crippen LogP contribution in [0.3, 0.4) is 0 Å². The maximum atomic E-state index is 13.1. The number of aliphatic hydroxyl groups is 1. The molecule has 100 heavy (non-hydrogen) atoms. The van der Waals surface area contributed by atoms with Crippen molar-refractivity contribution in [1.29, 1.82) is 0 Å². The molecule has 3 unspecified atom stereocenters. The maximum absolute atomic E-state index is 13.1. The Morgan fingerprint density at radius 1 is 0.280 bits per heavy atom. The molecular formula is C81H158O17P2. The van der Waals surface area contributed by atoms with E-state index in [4.69, 9.17) is 37.0 Å². The van der Waals surface area contributed by atoms with Gasteiger partial charge in [-0.25, -0.2) is 9.13 Å². The van der Waals surface area contributed by atoms with Crippen molar-refractivity contribution in [3.8, 4) is 0 Å². The SMILES string of the molecule is CCCCCCCCCCCCCCCCCCCCCCCC(=O)O[C@H](COC(=O)CCCCCCCCCCCCCCCCCCCCC)COP(=O)(O)OC[C@@H](O)COP(=O)(O)OC[C@@H](COC(=O)CCCCCCCCCC)OC(=O)CCCCCCCCCCC(C)CC. The van der Waals surface area contributed by atoms with Crippen molar-refractivity contribution in [2.75, 3.05) is 39.6 Å². The first-order valence-corrected chi connectivity index (χ1v) is 45.2. The molecule has 3 N–H and O–H groups in total. The van der Waals surface area contributed by atoms with Crippen LogP contribution in [-0.2, 0) is 65.4 Å². The summed E-state index contributed by atoms with van der Waals surface area (Å²) in [7, 11) is -9.91. The highest BCUT2D eigenvalue weighted by Gasteiger charge is 2.30. The van der Waals surface area contributed by atoms with Gasteiger partial charge in [-0.05, 0) is 31.6 Å². The molecule has 0 heterocycles. The Bertz CT molecular complexity index is 1910. The van der Waals surface area contributed by atoms with E-state index < -0.39 is 97.5 Å². The second kappa shape index (κ2) is 73.9. The van der Waals surface area contributed by atoms with E-state index in [9.17, 15) is 43.2 Å². The molecule has 19 heteroatoms. The summed E-state index contributed by atoms with van der Waals surface area (Å²) in [5, 5.41) is 10.6. The van der Waals surface area contributed by atoms with Gasteiger partial charge in [0.1, 0.15) is 19.3 Å². The Labute approximate surface area is 613 Å². The molecule has 0 aliphatic carbocycles. The molecule has 0 aromatic carbocycles. The molecule has 17 nitrogen and oxygen atoms in total. The number of ether oxygens (including phenoxy) is 4. The molecule has 0 spiro atoms. The van der Waals surface area contributed by atoms with Gasteiger partial charge in [0.2, 0.25) is 0 Å². The zero-order chi connectivity index (χ0) is 73.4. The summed E-state index contributed by atoms with van der Waals surface area (Å²) in [4.78, 5) is 72.9. The number of rotatable bonds is 81. The summed E-state index contributed by atoms with van der Waals surface area (Å²) in [5.41, 5.74) is 0. The third kappa shape index (κ3) is 73.0. The highest BCUT2D eigenvalue weighted by atomic mass is 31.2. The average molecular weight is 1470 g/mol. The van der Waals surface area contributed by atoms with Gasteiger partial charge in [0.05, 0.1) is 26.4 Å². The van der Waals surface area contributed by atoms with Crippen LogP contribution in [0.1, 0.15) is 433 Å². The molecule has 594 valence electrons. The lowest BCUT2D eigenvalue weighted by molar-refractivity contribution is -0.161. The molecule has 0 saturated heterocycles. The highest BCUT2D eigenvalue weighted by molar-refractivity contribution is 7.47. The minimum absolute atomic E-state index is 0.105. The van der Waals surface area contributed by atoms with Crippen molar-refractivity contribution >= 4 is 39.5 Å². The van der Waals surface area contributed by atoms with Gasteiger partial charge >= 0.3 is 39.5 Å². The van der Waals surface area contributed by atoms with E-state index in [1.165, 1.54) is 250 Å². The van der Waals surface area contributed by atoms with Crippen LogP contribution < -0.4 is 0 Å². The highest BCUT2D eigenvalue weighted by Crippen LogP contribution is 2.45. The van der Waals surface area contributed by atoms with Crippen LogP contribution in [0.15, 0.2) is 0 Å². The Morgan fingerprint density at radius 3 is 0.710 bits per heavy atom. The Morgan fingerprint density at radius 2 is 0.480 bits per heavy atom. The van der Waals surface area contributed by atoms with Gasteiger partial charge in [-0.3, -0.25) is 37.3 Å². The molecule has 6 atom stereocenters. The van der Waals surface area contributed by atoms with Gasteiger partial charge in [0, 0.05) is 25.7 Å². The van der Waals surface area contributed by atoms with E-state index in [1.54, 1.807) is 0 Å². The van der Waals surface area contributed by atoms with E-state index in [-0.39, 0.29) is 25.7 Å². The summed E-state index contributed by atoms with van der Waals surface area (Å²) in [5.74, 6) is -1.34. The molecular weight excluding hydrogens is 1310 g/mol.